The third-order valence-corrected chi connectivity index (χ3v) is 15.9. The van der Waals surface area contributed by atoms with Crippen LogP contribution in [0.4, 0.5) is 14.6 Å². The Labute approximate surface area is 464 Å². The molecule has 2 aromatic carbocycles. The molecule has 79 heavy (non-hydrogen) atoms. The topological polar surface area (TPSA) is 327 Å². The van der Waals surface area contributed by atoms with Gasteiger partial charge in [0.1, 0.15) is 55.0 Å². The van der Waals surface area contributed by atoms with Crippen LogP contribution in [0.2, 0.25) is 0 Å². The number of esters is 6. The minimum absolute atomic E-state index is 0. The summed E-state index contributed by atoms with van der Waals surface area (Å²) in [7, 11) is 0. The predicted octanol–water partition coefficient (Wildman–Crippen LogP) is 2.00. The van der Waals surface area contributed by atoms with Crippen molar-refractivity contribution in [2.24, 2.45) is 16.7 Å². The number of carbonyl (C=O) groups is 6. The number of nitrogens with one attached hydrogen (secondary N) is 1. The first-order chi connectivity index (χ1) is 36.7. The maximum absolute atomic E-state index is 15.2. The third-order valence-electron chi connectivity index (χ3n) is 15.9. The van der Waals surface area contributed by atoms with Crippen LogP contribution in [0.25, 0.3) is 0 Å². The molecule has 3 aliphatic carbocycles. The van der Waals surface area contributed by atoms with Gasteiger partial charge in [-0.15, -0.1) is 0 Å². The molecule has 426 valence electrons. The number of hydrogen-bond donors (Lipinski definition) is 5. The molecule has 3 aromatic rings. The number of anilines is 1. The molecule has 26 heteroatoms. The van der Waals surface area contributed by atoms with E-state index in [-0.39, 0.29) is 68.6 Å². The van der Waals surface area contributed by atoms with Crippen molar-refractivity contribution in [2.75, 3.05) is 18.9 Å². The molecular weight excluding hydrogens is 1220 g/mol. The van der Waals surface area contributed by atoms with Gasteiger partial charge in [0.2, 0.25) is 12.3 Å². The van der Waals surface area contributed by atoms with Crippen LogP contribution in [-0.2, 0) is 87.7 Å². The maximum Gasteiger partial charge on any atom is 0.351 e. The van der Waals surface area contributed by atoms with Gasteiger partial charge in [-0.3, -0.25) is 23.7 Å². The van der Waals surface area contributed by atoms with E-state index in [2.05, 4.69) is 10.3 Å². The fourth-order valence-electron chi connectivity index (χ4n) is 12.1. The number of ether oxygens (including phenoxy) is 8. The molecule has 1 amide bonds. The summed E-state index contributed by atoms with van der Waals surface area (Å²) in [5.41, 5.74) is -2.42. The second-order valence-electron chi connectivity index (χ2n) is 20.9. The first-order valence-electron chi connectivity index (χ1n) is 24.8. The van der Waals surface area contributed by atoms with Crippen LogP contribution >= 0.6 is 0 Å². The van der Waals surface area contributed by atoms with E-state index in [1.54, 1.807) is 45.0 Å². The number of aliphatic hydroxyl groups is 3. The molecule has 2 aliphatic heterocycles. The Morgan fingerprint density at radius 3 is 2.18 bits per heavy atom. The van der Waals surface area contributed by atoms with Crippen LogP contribution < -0.4 is 16.7 Å². The molecule has 4 fully saturated rings. The average Bonchev–Trinajstić information content (AvgIpc) is 3.56. The van der Waals surface area contributed by atoms with Crippen molar-refractivity contribution in [2.45, 2.75) is 145 Å². The summed E-state index contributed by atoms with van der Waals surface area (Å²) in [6, 6.07) is 14.7. The Balaban J connectivity index is 0.00000903. The summed E-state index contributed by atoms with van der Waals surface area (Å²) in [5, 5.41) is 38.9. The van der Waals surface area contributed by atoms with Crippen molar-refractivity contribution >= 4 is 48.0 Å². The fraction of sp³-hybridized carbons (Fsp3) is 0.528. The number of halogens is 2. The van der Waals surface area contributed by atoms with Gasteiger partial charge >= 0.3 is 47.4 Å². The number of fused-ring (bicyclic) bond motifs is 5. The molecule has 1 aromatic heterocycles. The second-order valence-corrected chi connectivity index (χ2v) is 20.9. The summed E-state index contributed by atoms with van der Waals surface area (Å²) in [5.74, 6) is -12.5. The van der Waals surface area contributed by atoms with Gasteiger partial charge in [0, 0.05) is 64.8 Å². The van der Waals surface area contributed by atoms with Gasteiger partial charge in [-0.2, -0.15) is 20.2 Å². The number of aromatic nitrogens is 2. The number of alkyl halides is 2. The molecule has 5 aliphatic rings. The van der Waals surface area contributed by atoms with Crippen LogP contribution in [0.3, 0.4) is 0 Å². The van der Waals surface area contributed by atoms with E-state index < -0.39 is 156 Å². The van der Waals surface area contributed by atoms with E-state index in [4.69, 9.17) is 43.6 Å². The minimum atomic E-state index is -4.12. The number of rotatable bonds is 16. The first-order valence-corrected chi connectivity index (χ1v) is 24.8. The van der Waals surface area contributed by atoms with E-state index >= 15 is 8.78 Å². The van der Waals surface area contributed by atoms with Crippen LogP contribution in [0.15, 0.2) is 88.9 Å². The van der Waals surface area contributed by atoms with Crippen molar-refractivity contribution in [3.63, 3.8) is 0 Å². The molecule has 8 rings (SSSR count). The molecule has 23 nitrogen and oxygen atoms in total. The number of hydrogen-bond acceptors (Lipinski definition) is 21. The zero-order valence-electron chi connectivity index (χ0n) is 43.5. The summed E-state index contributed by atoms with van der Waals surface area (Å²) in [4.78, 5) is 110. The van der Waals surface area contributed by atoms with Crippen molar-refractivity contribution in [1.82, 2.24) is 14.9 Å². The molecule has 0 radical (unpaired) electrons. The summed E-state index contributed by atoms with van der Waals surface area (Å²) < 4.78 is 77.6. The maximum atomic E-state index is 15.2. The molecule has 2 bridgehead atoms. The van der Waals surface area contributed by atoms with Crippen LogP contribution in [0.1, 0.15) is 95.4 Å². The minimum Gasteiger partial charge on any atom is -0.520 e. The number of carbonyl (C=O) groups excluding carboxylic acids is 7. The van der Waals surface area contributed by atoms with E-state index in [0.29, 0.717) is 4.57 Å². The van der Waals surface area contributed by atoms with Crippen LogP contribution in [0.5, 0.6) is 0 Å². The Bertz CT molecular complexity index is 2930. The van der Waals surface area contributed by atoms with Gasteiger partial charge in [-0.05, 0) is 48.3 Å². The molecule has 14 atom stereocenters. The van der Waals surface area contributed by atoms with Gasteiger partial charge in [0.25, 0.3) is 0 Å². The molecular formula is C53H59F2N4O19W-. The van der Waals surface area contributed by atoms with E-state index in [0.717, 1.165) is 26.1 Å². The van der Waals surface area contributed by atoms with E-state index in [1.807, 2.05) is 0 Å². The summed E-state index contributed by atoms with van der Waals surface area (Å²) in [6.07, 6.45) is -16.1. The quantitative estimate of drug-likeness (QED) is 0.0342. The van der Waals surface area contributed by atoms with Gasteiger partial charge < -0.3 is 69.1 Å². The second kappa shape index (κ2) is 22.9. The third kappa shape index (κ3) is 11.1. The van der Waals surface area contributed by atoms with E-state index in [1.165, 1.54) is 49.7 Å². The summed E-state index contributed by atoms with van der Waals surface area (Å²) >= 11 is 0. The zero-order chi connectivity index (χ0) is 56.9. The van der Waals surface area contributed by atoms with Gasteiger partial charge in [-0.25, -0.2) is 14.4 Å². The van der Waals surface area contributed by atoms with Crippen LogP contribution in [0, 0.1) is 16.7 Å². The van der Waals surface area contributed by atoms with Gasteiger partial charge in [0.05, 0.1) is 30.2 Å². The van der Waals surface area contributed by atoms with Crippen molar-refractivity contribution < 1.29 is 117 Å². The Morgan fingerprint density at radius 1 is 0.924 bits per heavy atom. The number of nitrogens with zero attached hydrogens (tertiary/aromatic N) is 2. The standard InChI is InChI=1S/C53H59F2N4O19.W/c1-26-31(74-46(68)41(40(57-25-60)29-13-9-7-10-14-29)76-38(65)20-37(64)71-23-33-43(66)53(54,55)47(75-33)59-18-17-36(56)58-48(59)69)22-52(70)44(77-45(67)30-15-11-8-12-16-30)42-50(6,21-32(73-27(2)61)39(26)49(52,4)5)34(63)19-35-51(42,24-72-35)78-28(3)62;/h7-18,31-35,40-44,47,63,66,70H,19-24H2,1-6H3,(H,57,60)(H2,56,58,69);/q-1;/t31-,32-,33+,34-,35+,40+,41-,42-,43?,44-,47+,50+,51-,52+;/m0./s1. The molecule has 2 saturated heterocycles. The SMILES string of the molecule is CC(=O)O[C@H]1C[C@]2(C)[C@@H](O)C[C@H]3OC[C@@]3(OC(C)=O)[C@H]2[C@H](OC(=O)c2ccccc2)[C@]2(O)C[C@H](OC(=O)[C@@H](OC(=O)CC(=O)OC[C@H]3O[C@@H](n4ccc(N)nc4=O)C(F)(F)C3O)[C@H](N[C-]=O)c3ccccc3)C(C)=C1C2(C)C.[W]. The van der Waals surface area contributed by atoms with Crippen molar-refractivity contribution in [1.29, 1.82) is 0 Å². The number of aliphatic hydroxyl groups excluding tert-OH is 2. The molecule has 6 N–H and O–H groups in total. The monoisotopic (exact) mass is 1280 g/mol. The van der Waals surface area contributed by atoms with Crippen molar-refractivity contribution in [3.8, 4) is 0 Å². The van der Waals surface area contributed by atoms with Gasteiger partial charge in [-0.1, -0.05) is 69.3 Å². The largest absolute Gasteiger partial charge is 0.520 e. The van der Waals surface area contributed by atoms with Crippen LogP contribution in [-0.4, -0.2) is 146 Å². The van der Waals surface area contributed by atoms with E-state index in [9.17, 15) is 53.7 Å². The molecule has 2 saturated carbocycles. The number of benzene rings is 2. The average molecular weight is 1280 g/mol. The number of nitrogen functional groups attached to an aromatic ring is 1. The fourth-order valence-corrected chi connectivity index (χ4v) is 12.1. The molecule has 3 heterocycles. The predicted molar refractivity (Wildman–Crippen MR) is 259 cm³/mol. The smallest absolute Gasteiger partial charge is 0.351 e. The van der Waals surface area contributed by atoms with Crippen molar-refractivity contribution in [3.05, 3.63) is 106 Å². The first kappa shape index (κ1) is 60.1. The zero-order valence-corrected chi connectivity index (χ0v) is 46.5. The molecule has 0 spiro atoms. The Hall–Kier alpha value is -6.50. The summed E-state index contributed by atoms with van der Waals surface area (Å²) in [6.45, 7) is 7.34. The number of amides is 1. The normalized spacial score (nSPS) is 31.7. The molecule has 1 unspecified atom stereocenters. The van der Waals surface area contributed by atoms with Gasteiger partial charge in [0.15, 0.2) is 11.7 Å². The Kier molecular flexibility index (Phi) is 17.5. The number of nitrogens with two attached hydrogens (primary N) is 1. The Morgan fingerprint density at radius 2 is 1.58 bits per heavy atom.